The van der Waals surface area contributed by atoms with Gasteiger partial charge in [-0.2, -0.15) is 0 Å². The van der Waals surface area contributed by atoms with Crippen LogP contribution in [0.4, 0.5) is 0 Å². The molecule has 2 heterocycles. The first kappa shape index (κ1) is 14.6. The molecule has 1 amide bonds. The Bertz CT molecular complexity index is 447. The molecule has 3 rings (SSSR count). The van der Waals surface area contributed by atoms with Gasteiger partial charge in [-0.05, 0) is 51.6 Å². The fourth-order valence-electron chi connectivity index (χ4n) is 4.35. The van der Waals surface area contributed by atoms with Crippen molar-refractivity contribution < 1.29 is 10.0 Å². The van der Waals surface area contributed by atoms with E-state index in [-0.39, 0.29) is 11.7 Å². The first-order valence-electron chi connectivity index (χ1n) is 8.06. The number of amidine groups is 1. The highest BCUT2D eigenvalue weighted by atomic mass is 16.4. The monoisotopic (exact) mass is 294 g/mol. The van der Waals surface area contributed by atoms with Crippen molar-refractivity contribution in [1.29, 1.82) is 0 Å². The largest absolute Gasteiger partial charge is 0.409 e. The average molecular weight is 294 g/mol. The molecule has 2 aliphatic heterocycles. The lowest BCUT2D eigenvalue weighted by molar-refractivity contribution is -0.145. The van der Waals surface area contributed by atoms with Crippen LogP contribution in [0.1, 0.15) is 38.5 Å². The number of nitrogens with zero attached hydrogens (tertiary/aromatic N) is 3. The van der Waals surface area contributed by atoms with E-state index in [1.54, 1.807) is 0 Å². The van der Waals surface area contributed by atoms with E-state index in [9.17, 15) is 4.79 Å². The molecule has 3 aliphatic rings. The van der Waals surface area contributed by atoms with Gasteiger partial charge in [-0.1, -0.05) is 11.6 Å². The lowest BCUT2D eigenvalue weighted by Gasteiger charge is -2.49. The van der Waals surface area contributed by atoms with Crippen molar-refractivity contribution in [2.75, 3.05) is 26.7 Å². The van der Waals surface area contributed by atoms with Crippen LogP contribution in [0.15, 0.2) is 5.16 Å². The molecule has 0 aromatic heterocycles. The molecule has 1 saturated carbocycles. The minimum Gasteiger partial charge on any atom is -0.409 e. The molecule has 118 valence electrons. The molecule has 0 aromatic carbocycles. The molecule has 21 heavy (non-hydrogen) atoms. The summed E-state index contributed by atoms with van der Waals surface area (Å²) in [5.41, 5.74) is 5.10. The van der Waals surface area contributed by atoms with Gasteiger partial charge in [0.15, 0.2) is 5.84 Å². The van der Waals surface area contributed by atoms with Crippen LogP contribution in [0.25, 0.3) is 0 Å². The number of hydrogen-bond donors (Lipinski definition) is 2. The first-order chi connectivity index (χ1) is 10.1. The molecule has 0 aromatic rings. The zero-order chi connectivity index (χ0) is 15.0. The SMILES string of the molecule is CN1CCCC2CN(C(=O)C3(C(N)=NO)CCC3)CCC21. The van der Waals surface area contributed by atoms with Gasteiger partial charge in [-0.3, -0.25) is 4.79 Å². The second-order valence-electron chi connectivity index (χ2n) is 6.91. The van der Waals surface area contributed by atoms with E-state index < -0.39 is 5.41 Å². The number of oxime groups is 1. The number of likely N-dealkylation sites (tertiary alicyclic amines) is 2. The Balaban J connectivity index is 1.72. The van der Waals surface area contributed by atoms with E-state index in [1.165, 1.54) is 19.4 Å². The zero-order valence-electron chi connectivity index (χ0n) is 12.8. The summed E-state index contributed by atoms with van der Waals surface area (Å²) < 4.78 is 0. The van der Waals surface area contributed by atoms with Gasteiger partial charge in [0, 0.05) is 19.1 Å². The minimum atomic E-state index is -0.720. The fourth-order valence-corrected chi connectivity index (χ4v) is 4.35. The number of fused-ring (bicyclic) bond motifs is 1. The van der Waals surface area contributed by atoms with Crippen molar-refractivity contribution in [2.24, 2.45) is 22.2 Å². The van der Waals surface area contributed by atoms with E-state index in [1.807, 2.05) is 4.90 Å². The summed E-state index contributed by atoms with van der Waals surface area (Å²) >= 11 is 0. The summed E-state index contributed by atoms with van der Waals surface area (Å²) in [6.07, 6.45) is 5.86. The van der Waals surface area contributed by atoms with Crippen LogP contribution in [0.2, 0.25) is 0 Å². The summed E-state index contributed by atoms with van der Waals surface area (Å²) in [5, 5.41) is 12.1. The van der Waals surface area contributed by atoms with Crippen LogP contribution in [-0.4, -0.2) is 59.5 Å². The van der Waals surface area contributed by atoms with Gasteiger partial charge >= 0.3 is 0 Å². The number of rotatable bonds is 2. The summed E-state index contributed by atoms with van der Waals surface area (Å²) in [7, 11) is 2.19. The molecule has 0 bridgehead atoms. The van der Waals surface area contributed by atoms with Crippen LogP contribution in [0.5, 0.6) is 0 Å². The van der Waals surface area contributed by atoms with E-state index in [2.05, 4.69) is 17.1 Å². The molecular formula is C15H26N4O2. The van der Waals surface area contributed by atoms with Gasteiger partial charge in [0.05, 0.1) is 0 Å². The summed E-state index contributed by atoms with van der Waals surface area (Å²) in [4.78, 5) is 17.3. The van der Waals surface area contributed by atoms with Crippen LogP contribution in [0.3, 0.4) is 0 Å². The number of carbonyl (C=O) groups excluding carboxylic acids is 1. The Morgan fingerprint density at radius 1 is 1.29 bits per heavy atom. The second-order valence-corrected chi connectivity index (χ2v) is 6.91. The number of carbonyl (C=O) groups is 1. The third-order valence-corrected chi connectivity index (χ3v) is 5.85. The second kappa shape index (κ2) is 5.48. The highest BCUT2D eigenvalue weighted by molar-refractivity contribution is 6.07. The topological polar surface area (TPSA) is 82.2 Å². The molecule has 0 radical (unpaired) electrons. The highest BCUT2D eigenvalue weighted by Gasteiger charge is 2.51. The van der Waals surface area contributed by atoms with Gasteiger partial charge in [0.2, 0.25) is 5.91 Å². The quantitative estimate of drug-likeness (QED) is 0.342. The van der Waals surface area contributed by atoms with E-state index in [0.717, 1.165) is 25.9 Å². The summed E-state index contributed by atoms with van der Waals surface area (Å²) in [5.74, 6) is 0.753. The maximum Gasteiger partial charge on any atom is 0.236 e. The smallest absolute Gasteiger partial charge is 0.236 e. The van der Waals surface area contributed by atoms with Crippen molar-refractivity contribution in [3.8, 4) is 0 Å². The lowest BCUT2D eigenvalue weighted by Crippen LogP contribution is -2.60. The van der Waals surface area contributed by atoms with Gasteiger partial charge < -0.3 is 20.7 Å². The zero-order valence-corrected chi connectivity index (χ0v) is 12.8. The van der Waals surface area contributed by atoms with Gasteiger partial charge in [0.1, 0.15) is 5.41 Å². The minimum absolute atomic E-state index is 0.0794. The predicted molar refractivity (Wildman–Crippen MR) is 80.0 cm³/mol. The van der Waals surface area contributed by atoms with Crippen LogP contribution < -0.4 is 5.73 Å². The van der Waals surface area contributed by atoms with Crippen molar-refractivity contribution in [1.82, 2.24) is 9.80 Å². The van der Waals surface area contributed by atoms with Crippen molar-refractivity contribution >= 4 is 11.7 Å². The van der Waals surface area contributed by atoms with Gasteiger partial charge in [-0.15, -0.1) is 0 Å². The lowest BCUT2D eigenvalue weighted by atomic mass is 9.66. The summed E-state index contributed by atoms with van der Waals surface area (Å²) in [6.45, 7) is 2.79. The Hall–Kier alpha value is -1.30. The predicted octanol–water partition coefficient (Wildman–Crippen LogP) is 0.846. The van der Waals surface area contributed by atoms with E-state index in [0.29, 0.717) is 24.8 Å². The van der Waals surface area contributed by atoms with Crippen LogP contribution >= 0.6 is 0 Å². The third-order valence-electron chi connectivity index (χ3n) is 5.85. The molecule has 2 unspecified atom stereocenters. The molecule has 2 saturated heterocycles. The molecular weight excluding hydrogens is 268 g/mol. The Morgan fingerprint density at radius 3 is 2.67 bits per heavy atom. The highest BCUT2D eigenvalue weighted by Crippen LogP contribution is 2.44. The Labute approximate surface area is 125 Å². The molecule has 3 fully saturated rings. The molecule has 2 atom stereocenters. The van der Waals surface area contributed by atoms with Crippen molar-refractivity contribution in [3.63, 3.8) is 0 Å². The number of nitrogens with two attached hydrogens (primary N) is 1. The van der Waals surface area contributed by atoms with E-state index in [4.69, 9.17) is 10.9 Å². The number of piperidine rings is 2. The molecule has 3 N–H and O–H groups in total. The molecule has 1 aliphatic carbocycles. The summed E-state index contributed by atoms with van der Waals surface area (Å²) in [6, 6.07) is 0.615. The Kier molecular flexibility index (Phi) is 3.82. The van der Waals surface area contributed by atoms with Crippen molar-refractivity contribution in [3.05, 3.63) is 0 Å². The number of amides is 1. The normalized spacial score (nSPS) is 33.2. The van der Waals surface area contributed by atoms with Crippen LogP contribution in [-0.2, 0) is 4.79 Å². The van der Waals surface area contributed by atoms with Crippen LogP contribution in [0, 0.1) is 11.3 Å². The van der Waals surface area contributed by atoms with Gasteiger partial charge in [-0.25, -0.2) is 0 Å². The molecule has 6 heteroatoms. The standard InChI is InChI=1S/C15H26N4O2/c1-18-8-2-4-11-10-19(9-5-12(11)18)14(20)15(6-3-7-15)13(16)17-21/h11-12,21H,2-10H2,1H3,(H2,16,17). The Morgan fingerprint density at radius 2 is 2.05 bits per heavy atom. The average Bonchev–Trinajstić information content (AvgIpc) is 2.45. The molecule has 6 nitrogen and oxygen atoms in total. The third kappa shape index (κ3) is 2.29. The van der Waals surface area contributed by atoms with E-state index >= 15 is 0 Å². The maximum absolute atomic E-state index is 12.9. The number of hydrogen-bond acceptors (Lipinski definition) is 4. The first-order valence-corrected chi connectivity index (χ1v) is 8.06. The fraction of sp³-hybridized carbons (Fsp3) is 0.867. The van der Waals surface area contributed by atoms with Gasteiger partial charge in [0.25, 0.3) is 0 Å². The molecule has 0 spiro atoms. The maximum atomic E-state index is 12.9. The van der Waals surface area contributed by atoms with Crippen molar-refractivity contribution in [2.45, 2.75) is 44.6 Å².